The fourth-order valence-electron chi connectivity index (χ4n) is 2.42. The van der Waals surface area contributed by atoms with Crippen LogP contribution in [0.2, 0.25) is 0 Å². The molecule has 2 atom stereocenters. The molecule has 1 heterocycles. The predicted octanol–water partition coefficient (Wildman–Crippen LogP) is 0.666. The van der Waals surface area contributed by atoms with Gasteiger partial charge in [-0.2, -0.15) is 4.31 Å². The van der Waals surface area contributed by atoms with Crippen molar-refractivity contribution < 1.29 is 13.5 Å². The topological polar surface area (TPSA) is 69.6 Å². The van der Waals surface area contributed by atoms with E-state index in [0.717, 1.165) is 0 Å². The van der Waals surface area contributed by atoms with E-state index in [2.05, 4.69) is 19.2 Å². The Labute approximate surface area is 120 Å². The van der Waals surface area contributed by atoms with Crippen molar-refractivity contribution in [1.29, 1.82) is 0 Å². The van der Waals surface area contributed by atoms with Crippen LogP contribution in [-0.4, -0.2) is 49.6 Å². The molecular weight excluding hydrogens is 276 g/mol. The summed E-state index contributed by atoms with van der Waals surface area (Å²) in [6, 6.07) is 8.10. The van der Waals surface area contributed by atoms with Crippen molar-refractivity contribution in [3.8, 4) is 0 Å². The van der Waals surface area contributed by atoms with Gasteiger partial charge in [-0.05, 0) is 18.1 Å². The monoisotopic (exact) mass is 298 g/mol. The van der Waals surface area contributed by atoms with Crippen LogP contribution in [0.3, 0.4) is 0 Å². The molecule has 0 amide bonds. The smallest absolute Gasteiger partial charge is 0.243 e. The van der Waals surface area contributed by atoms with Gasteiger partial charge in [0, 0.05) is 19.1 Å². The second kappa shape index (κ2) is 6.22. The summed E-state index contributed by atoms with van der Waals surface area (Å²) in [6.45, 7) is 4.81. The van der Waals surface area contributed by atoms with Crippen LogP contribution < -0.4 is 5.32 Å². The second-order valence-electron chi connectivity index (χ2n) is 5.48. The number of aliphatic hydroxyl groups is 1. The van der Waals surface area contributed by atoms with E-state index in [4.69, 9.17) is 0 Å². The number of hydrogen-bond donors (Lipinski definition) is 2. The number of aliphatic hydroxyl groups excluding tert-OH is 1. The van der Waals surface area contributed by atoms with Gasteiger partial charge in [-0.3, -0.25) is 0 Å². The molecular formula is C14H22N2O3S. The third kappa shape index (κ3) is 3.03. The van der Waals surface area contributed by atoms with Crippen LogP contribution in [-0.2, 0) is 10.0 Å². The van der Waals surface area contributed by atoms with Gasteiger partial charge >= 0.3 is 0 Å². The molecule has 1 aliphatic heterocycles. The zero-order valence-electron chi connectivity index (χ0n) is 11.9. The predicted molar refractivity (Wildman–Crippen MR) is 77.8 cm³/mol. The summed E-state index contributed by atoms with van der Waals surface area (Å²) >= 11 is 0. The van der Waals surface area contributed by atoms with Gasteiger partial charge in [0.25, 0.3) is 0 Å². The first-order valence-corrected chi connectivity index (χ1v) is 8.32. The highest BCUT2D eigenvalue weighted by Crippen LogP contribution is 2.22. The molecule has 1 aromatic rings. The molecule has 6 heteroatoms. The lowest BCUT2D eigenvalue weighted by molar-refractivity contribution is 0.132. The molecule has 2 rings (SSSR count). The normalized spacial score (nSPS) is 25.0. The molecule has 1 aliphatic rings. The van der Waals surface area contributed by atoms with E-state index in [-0.39, 0.29) is 17.5 Å². The van der Waals surface area contributed by atoms with Gasteiger partial charge in [-0.25, -0.2) is 8.42 Å². The number of sulfonamides is 1. The van der Waals surface area contributed by atoms with Gasteiger partial charge in [0.05, 0.1) is 17.5 Å². The first kappa shape index (κ1) is 15.4. The Morgan fingerprint density at radius 3 is 2.55 bits per heavy atom. The highest BCUT2D eigenvalue weighted by molar-refractivity contribution is 7.89. The quantitative estimate of drug-likeness (QED) is 0.857. The molecule has 2 N–H and O–H groups in total. The number of nitrogens with zero attached hydrogens (tertiary/aromatic N) is 1. The minimum absolute atomic E-state index is 0.108. The van der Waals surface area contributed by atoms with Crippen LogP contribution >= 0.6 is 0 Å². The Bertz CT molecular complexity index is 531. The van der Waals surface area contributed by atoms with Crippen LogP contribution in [0, 0.1) is 5.92 Å². The third-order valence-corrected chi connectivity index (χ3v) is 5.70. The number of hydrogen-bond acceptors (Lipinski definition) is 4. The van der Waals surface area contributed by atoms with Crippen molar-refractivity contribution in [2.24, 2.45) is 5.92 Å². The molecule has 0 saturated carbocycles. The maximum absolute atomic E-state index is 12.7. The number of rotatable bonds is 4. The lowest BCUT2D eigenvalue weighted by atomic mass is 10.0. The van der Waals surface area contributed by atoms with Gasteiger partial charge < -0.3 is 10.4 Å². The average molecular weight is 298 g/mol. The molecule has 0 radical (unpaired) electrons. The Morgan fingerprint density at radius 1 is 1.35 bits per heavy atom. The Kier molecular flexibility index (Phi) is 4.80. The maximum atomic E-state index is 12.7. The van der Waals surface area contributed by atoms with Crippen molar-refractivity contribution in [3.05, 3.63) is 30.3 Å². The number of benzene rings is 1. The molecule has 0 bridgehead atoms. The molecule has 0 aliphatic carbocycles. The van der Waals surface area contributed by atoms with E-state index in [0.29, 0.717) is 19.0 Å². The van der Waals surface area contributed by atoms with E-state index in [1.165, 1.54) is 4.31 Å². The van der Waals surface area contributed by atoms with Crippen LogP contribution in [0.15, 0.2) is 35.2 Å². The molecule has 5 nitrogen and oxygen atoms in total. The van der Waals surface area contributed by atoms with E-state index >= 15 is 0 Å². The van der Waals surface area contributed by atoms with Crippen LogP contribution in [0.25, 0.3) is 0 Å². The Morgan fingerprint density at radius 2 is 2.00 bits per heavy atom. The minimum atomic E-state index is -3.56. The van der Waals surface area contributed by atoms with Crippen molar-refractivity contribution in [2.75, 3.05) is 19.7 Å². The van der Waals surface area contributed by atoms with Gasteiger partial charge in [0.1, 0.15) is 0 Å². The minimum Gasteiger partial charge on any atom is -0.395 e. The molecule has 1 aromatic carbocycles. The summed E-state index contributed by atoms with van der Waals surface area (Å²) in [7, 11) is -3.56. The summed E-state index contributed by atoms with van der Waals surface area (Å²) < 4.78 is 26.9. The Hall–Kier alpha value is -0.950. The number of nitrogens with one attached hydrogen (secondary N) is 1. The van der Waals surface area contributed by atoms with E-state index in [9.17, 15) is 13.5 Å². The molecule has 112 valence electrons. The van der Waals surface area contributed by atoms with Gasteiger partial charge in [-0.15, -0.1) is 0 Å². The highest BCUT2D eigenvalue weighted by atomic mass is 32.2. The van der Waals surface area contributed by atoms with Crippen molar-refractivity contribution in [2.45, 2.75) is 30.8 Å². The Balaban J connectivity index is 2.31. The van der Waals surface area contributed by atoms with Crippen LogP contribution in [0.1, 0.15) is 13.8 Å². The molecule has 0 aromatic heterocycles. The van der Waals surface area contributed by atoms with E-state index in [1.807, 2.05) is 0 Å². The summed E-state index contributed by atoms with van der Waals surface area (Å²) in [6.07, 6.45) is 0. The van der Waals surface area contributed by atoms with Crippen molar-refractivity contribution >= 4 is 10.0 Å². The summed E-state index contributed by atoms with van der Waals surface area (Å²) in [5, 5.41) is 12.8. The maximum Gasteiger partial charge on any atom is 0.243 e. The SMILES string of the molecule is CC(C)C1CN(S(=O)(=O)c2ccccc2)C(CO)CN1. The molecule has 20 heavy (non-hydrogen) atoms. The van der Waals surface area contributed by atoms with E-state index in [1.54, 1.807) is 30.3 Å². The molecule has 1 saturated heterocycles. The van der Waals surface area contributed by atoms with Crippen molar-refractivity contribution in [3.63, 3.8) is 0 Å². The average Bonchev–Trinajstić information content (AvgIpc) is 2.47. The van der Waals surface area contributed by atoms with Crippen LogP contribution in [0.5, 0.6) is 0 Å². The zero-order valence-corrected chi connectivity index (χ0v) is 12.7. The third-order valence-electron chi connectivity index (χ3n) is 3.76. The molecule has 0 spiro atoms. The molecule has 2 unspecified atom stereocenters. The molecule has 1 fully saturated rings. The number of piperazine rings is 1. The lowest BCUT2D eigenvalue weighted by Crippen LogP contribution is -2.60. The summed E-state index contributed by atoms with van der Waals surface area (Å²) in [5.74, 6) is 0.336. The zero-order chi connectivity index (χ0) is 14.8. The van der Waals surface area contributed by atoms with Gasteiger partial charge in [-0.1, -0.05) is 32.0 Å². The van der Waals surface area contributed by atoms with Crippen molar-refractivity contribution in [1.82, 2.24) is 9.62 Å². The van der Waals surface area contributed by atoms with E-state index < -0.39 is 16.1 Å². The van der Waals surface area contributed by atoms with Crippen LogP contribution in [0.4, 0.5) is 0 Å². The van der Waals surface area contributed by atoms with Gasteiger partial charge in [0.15, 0.2) is 0 Å². The fourth-order valence-corrected chi connectivity index (χ4v) is 4.08. The highest BCUT2D eigenvalue weighted by Gasteiger charge is 2.37. The summed E-state index contributed by atoms with van der Waals surface area (Å²) in [4.78, 5) is 0.280. The summed E-state index contributed by atoms with van der Waals surface area (Å²) in [5.41, 5.74) is 0. The van der Waals surface area contributed by atoms with Gasteiger partial charge in [0.2, 0.25) is 10.0 Å². The largest absolute Gasteiger partial charge is 0.395 e. The standard InChI is InChI=1S/C14H22N2O3S/c1-11(2)14-9-16(12(10-17)8-15-14)20(18,19)13-6-4-3-5-7-13/h3-7,11-12,14-15,17H,8-10H2,1-2H3. The first-order valence-electron chi connectivity index (χ1n) is 6.88. The second-order valence-corrected chi connectivity index (χ2v) is 7.37. The fraction of sp³-hybridized carbons (Fsp3) is 0.571. The first-order chi connectivity index (χ1) is 9.46. The lowest BCUT2D eigenvalue weighted by Gasteiger charge is -2.40.